The zero-order valence-electron chi connectivity index (χ0n) is 18.7. The molecule has 0 aliphatic carbocycles. The third-order valence-electron chi connectivity index (χ3n) is 4.88. The van der Waals surface area contributed by atoms with Crippen LogP contribution in [0, 0.1) is 0 Å². The lowest BCUT2D eigenvalue weighted by Crippen LogP contribution is -2.59. The summed E-state index contributed by atoms with van der Waals surface area (Å²) in [6.45, 7) is 4.43. The molecule has 0 aliphatic heterocycles. The minimum atomic E-state index is -0.192. The van der Waals surface area contributed by atoms with E-state index in [9.17, 15) is 0 Å². The molecule has 5 heteroatoms. The van der Waals surface area contributed by atoms with Gasteiger partial charge >= 0.3 is 0 Å². The van der Waals surface area contributed by atoms with Gasteiger partial charge in [0.2, 0.25) is 0 Å². The highest BCUT2D eigenvalue weighted by molar-refractivity contribution is 6.23. The Morgan fingerprint density at radius 3 is 1.46 bits per heavy atom. The molecule has 0 saturated heterocycles. The van der Waals surface area contributed by atoms with Crippen molar-refractivity contribution in [2.75, 3.05) is 42.3 Å². The summed E-state index contributed by atoms with van der Waals surface area (Å²) in [6.07, 6.45) is 11.8. The summed E-state index contributed by atoms with van der Waals surface area (Å²) in [5.74, 6) is 0. The van der Waals surface area contributed by atoms with Crippen molar-refractivity contribution in [3.8, 4) is 0 Å². The number of unbranched alkanes of at least 4 members (excludes halogenated alkanes) is 7. The number of quaternary nitrogens is 2. The Balaban J connectivity index is 4.40. The maximum absolute atomic E-state index is 6.76. The van der Waals surface area contributed by atoms with Crippen LogP contribution in [0.2, 0.25) is 0 Å². The number of alkyl halides is 2. The smallest absolute Gasteiger partial charge is 0.198 e. The number of hydrogen-bond acceptors (Lipinski definition) is 1. The summed E-state index contributed by atoms with van der Waals surface area (Å²) in [7, 11) is 12.6. The lowest BCUT2D eigenvalue weighted by Gasteiger charge is -2.41. The maximum atomic E-state index is 6.76. The van der Waals surface area contributed by atoms with Crippen molar-refractivity contribution in [1.29, 1.82) is 0 Å². The van der Waals surface area contributed by atoms with Crippen LogP contribution in [-0.4, -0.2) is 74.5 Å². The number of halogens is 2. The molecule has 0 aromatic rings. The molecule has 0 aromatic carbocycles. The third-order valence-corrected chi connectivity index (χ3v) is 6.54. The molecule has 0 amide bonds. The molecule has 0 heterocycles. The predicted octanol–water partition coefficient (Wildman–Crippen LogP) is 5.83. The normalized spacial score (nSPS) is 17.8. The van der Waals surface area contributed by atoms with E-state index < -0.39 is 0 Å². The van der Waals surface area contributed by atoms with Crippen LogP contribution >= 0.6 is 23.2 Å². The van der Waals surface area contributed by atoms with Gasteiger partial charge in [-0.2, -0.15) is 0 Å². The largest absolute Gasteiger partial charge is 0.360 e. The van der Waals surface area contributed by atoms with E-state index in [0.29, 0.717) is 8.97 Å². The molecule has 0 bridgehead atoms. The fourth-order valence-corrected chi connectivity index (χ4v) is 3.51. The summed E-state index contributed by atoms with van der Waals surface area (Å²) in [4.78, 5) is 0. The monoisotopic (exact) mass is 412 g/mol. The van der Waals surface area contributed by atoms with E-state index in [1.807, 2.05) is 0 Å². The summed E-state index contributed by atoms with van der Waals surface area (Å²) in [5.41, 5.74) is -0.369. The van der Waals surface area contributed by atoms with Gasteiger partial charge < -0.3 is 13.7 Å². The third kappa shape index (κ3) is 11.3. The average molecular weight is 414 g/mol. The maximum Gasteiger partial charge on any atom is 0.198 e. The van der Waals surface area contributed by atoms with Crippen LogP contribution in [0.4, 0.5) is 0 Å². The van der Waals surface area contributed by atoms with Gasteiger partial charge in [-0.25, -0.2) is 0 Å². The van der Waals surface area contributed by atoms with Crippen LogP contribution in [-0.2, 0) is 4.74 Å². The summed E-state index contributed by atoms with van der Waals surface area (Å²) in [6, 6.07) is 0. The first-order valence-electron chi connectivity index (χ1n) is 10.5. The first-order valence-corrected chi connectivity index (χ1v) is 11.3. The lowest BCUT2D eigenvalue weighted by molar-refractivity contribution is -0.910. The summed E-state index contributed by atoms with van der Waals surface area (Å²) < 4.78 is 7.64. The standard InChI is InChI=1S/C21H46Cl2N2O/c1-9-10-11-12-13-14-15-16-17-18(2)26-19(20(22)24(3,4)5)21(23)25(6,7)8/h18-21H,9-17H2,1-8H3/q+2. The molecule has 0 N–H and O–H groups in total. The summed E-state index contributed by atoms with van der Waals surface area (Å²) in [5, 5.41) is 0. The minimum Gasteiger partial charge on any atom is -0.360 e. The molecule has 0 spiro atoms. The molecule has 0 aromatic heterocycles. The Morgan fingerprint density at radius 2 is 1.08 bits per heavy atom. The highest BCUT2D eigenvalue weighted by atomic mass is 35.5. The molecule has 3 atom stereocenters. The second-order valence-electron chi connectivity index (χ2n) is 9.65. The molecule has 0 saturated carbocycles. The van der Waals surface area contributed by atoms with Crippen molar-refractivity contribution in [3.63, 3.8) is 0 Å². The Morgan fingerprint density at radius 1 is 0.692 bits per heavy atom. The fraction of sp³-hybridized carbons (Fsp3) is 1.00. The molecule has 3 unspecified atom stereocenters. The molecule has 0 rings (SSSR count). The van der Waals surface area contributed by atoms with Crippen molar-refractivity contribution in [3.05, 3.63) is 0 Å². The van der Waals surface area contributed by atoms with Gasteiger partial charge in [0.1, 0.15) is 0 Å². The molecule has 26 heavy (non-hydrogen) atoms. The minimum absolute atomic E-state index is 0.181. The second-order valence-corrected chi connectivity index (χ2v) is 10.5. The van der Waals surface area contributed by atoms with Gasteiger partial charge in [0.25, 0.3) is 0 Å². The Hall–Kier alpha value is 0.460. The van der Waals surface area contributed by atoms with Gasteiger partial charge in [-0.3, -0.25) is 0 Å². The number of hydrogen-bond donors (Lipinski definition) is 0. The number of ether oxygens (including phenoxy) is 1. The SMILES string of the molecule is CCCCCCCCCCC(C)OC(C(Cl)[N+](C)(C)C)C(Cl)[N+](C)(C)C. The molecule has 0 fully saturated rings. The quantitative estimate of drug-likeness (QED) is 0.142. The molecule has 3 nitrogen and oxygen atoms in total. The Kier molecular flexibility index (Phi) is 13.1. The first kappa shape index (κ1) is 26.5. The highest BCUT2D eigenvalue weighted by Gasteiger charge is 2.43. The topological polar surface area (TPSA) is 9.23 Å². The van der Waals surface area contributed by atoms with E-state index >= 15 is 0 Å². The van der Waals surface area contributed by atoms with Crippen LogP contribution in [0.5, 0.6) is 0 Å². The van der Waals surface area contributed by atoms with Gasteiger partial charge in [0.15, 0.2) is 17.1 Å². The van der Waals surface area contributed by atoms with Crippen molar-refractivity contribution in [1.82, 2.24) is 0 Å². The lowest BCUT2D eigenvalue weighted by atomic mass is 10.1. The Bertz CT molecular complexity index is 333. The molecule has 0 aliphatic rings. The van der Waals surface area contributed by atoms with Crippen molar-refractivity contribution in [2.45, 2.75) is 94.8 Å². The number of nitrogens with zero attached hydrogens (tertiary/aromatic N) is 2. The van der Waals surface area contributed by atoms with Crippen molar-refractivity contribution < 1.29 is 13.7 Å². The van der Waals surface area contributed by atoms with E-state index in [1.54, 1.807) is 0 Å². The molecular formula is C21H46Cl2N2O+2. The van der Waals surface area contributed by atoms with Crippen molar-refractivity contribution in [2.24, 2.45) is 0 Å². The van der Waals surface area contributed by atoms with Gasteiger partial charge in [-0.15, -0.1) is 0 Å². The van der Waals surface area contributed by atoms with E-state index in [-0.39, 0.29) is 23.2 Å². The van der Waals surface area contributed by atoms with Gasteiger partial charge in [0, 0.05) is 0 Å². The van der Waals surface area contributed by atoms with E-state index in [4.69, 9.17) is 27.9 Å². The molecule has 0 radical (unpaired) electrons. The van der Waals surface area contributed by atoms with E-state index in [2.05, 4.69) is 56.1 Å². The molecule has 158 valence electrons. The number of rotatable bonds is 15. The van der Waals surface area contributed by atoms with Crippen LogP contribution < -0.4 is 0 Å². The Labute approximate surface area is 174 Å². The van der Waals surface area contributed by atoms with E-state index in [1.165, 1.54) is 51.4 Å². The van der Waals surface area contributed by atoms with Gasteiger partial charge in [-0.05, 0) is 13.3 Å². The van der Waals surface area contributed by atoms with Crippen LogP contribution in [0.3, 0.4) is 0 Å². The fourth-order valence-electron chi connectivity index (χ4n) is 3.04. The zero-order chi connectivity index (χ0) is 20.4. The predicted molar refractivity (Wildman–Crippen MR) is 117 cm³/mol. The van der Waals surface area contributed by atoms with Crippen LogP contribution in [0.25, 0.3) is 0 Å². The average Bonchev–Trinajstić information content (AvgIpc) is 2.52. The first-order chi connectivity index (χ1) is 11.9. The highest BCUT2D eigenvalue weighted by Crippen LogP contribution is 2.27. The van der Waals surface area contributed by atoms with Gasteiger partial charge in [-0.1, -0.05) is 81.5 Å². The van der Waals surface area contributed by atoms with Crippen molar-refractivity contribution >= 4 is 23.2 Å². The van der Waals surface area contributed by atoms with Gasteiger partial charge in [0.05, 0.1) is 48.4 Å². The molecular weight excluding hydrogens is 367 g/mol. The number of likely N-dealkylation sites (N-methyl/N-ethyl adjacent to an activating group) is 2. The second kappa shape index (κ2) is 12.8. The summed E-state index contributed by atoms with van der Waals surface area (Å²) >= 11 is 13.5. The zero-order valence-corrected chi connectivity index (χ0v) is 20.2. The van der Waals surface area contributed by atoms with E-state index in [0.717, 1.165) is 6.42 Å². The van der Waals surface area contributed by atoms with Crippen LogP contribution in [0.15, 0.2) is 0 Å². The van der Waals surface area contributed by atoms with Crippen LogP contribution in [0.1, 0.15) is 71.6 Å².